The molecule has 0 saturated carbocycles. The molecule has 1 aromatic heterocycles. The second kappa shape index (κ2) is 5.63. The fourth-order valence-electron chi connectivity index (χ4n) is 2.75. The highest BCUT2D eigenvalue weighted by Gasteiger charge is 2.12. The summed E-state index contributed by atoms with van der Waals surface area (Å²) in [5, 5.41) is 4.04. The predicted molar refractivity (Wildman–Crippen MR) is 89.3 cm³/mol. The zero-order valence-corrected chi connectivity index (χ0v) is 12.8. The summed E-state index contributed by atoms with van der Waals surface area (Å²) in [6.45, 7) is 3.09. The molecule has 1 N–H and O–H groups in total. The molecular formula is C17H16ClN3O. The molecule has 0 bridgehead atoms. The summed E-state index contributed by atoms with van der Waals surface area (Å²) in [6.07, 6.45) is 1.17. The number of nitrogens with one attached hydrogen (secondary N) is 1. The van der Waals surface area contributed by atoms with Crippen LogP contribution in [0.1, 0.15) is 6.42 Å². The van der Waals surface area contributed by atoms with Crippen LogP contribution in [-0.4, -0.2) is 24.7 Å². The molecule has 4 rings (SSSR count). The third-order valence-corrected chi connectivity index (χ3v) is 4.15. The van der Waals surface area contributed by atoms with Gasteiger partial charge in [0.05, 0.1) is 6.67 Å². The first kappa shape index (κ1) is 13.6. The number of halogens is 1. The molecule has 1 saturated heterocycles. The van der Waals surface area contributed by atoms with E-state index in [1.807, 2.05) is 12.1 Å². The molecular weight excluding hydrogens is 298 g/mol. The average molecular weight is 314 g/mol. The summed E-state index contributed by atoms with van der Waals surface area (Å²) >= 11 is 5.98. The quantitative estimate of drug-likeness (QED) is 0.779. The van der Waals surface area contributed by atoms with Gasteiger partial charge in [-0.05, 0) is 49.4 Å². The van der Waals surface area contributed by atoms with Crippen LogP contribution in [0.25, 0.3) is 22.6 Å². The van der Waals surface area contributed by atoms with Crippen molar-refractivity contribution in [2.24, 2.45) is 0 Å². The molecule has 0 radical (unpaired) electrons. The molecule has 0 unspecified atom stereocenters. The SMILES string of the molecule is Clc1ccc2nc(-c3ccc(N4CCCNC4)cc3)oc2c1. The van der Waals surface area contributed by atoms with E-state index in [0.29, 0.717) is 16.5 Å². The molecule has 5 heteroatoms. The molecule has 1 aliphatic heterocycles. The number of rotatable bonds is 2. The van der Waals surface area contributed by atoms with Crippen LogP contribution in [0.15, 0.2) is 46.9 Å². The standard InChI is InChI=1S/C17H16ClN3O/c18-13-4-7-15-16(10-13)22-17(20-15)12-2-5-14(6-3-12)21-9-1-8-19-11-21/h2-7,10,19H,1,8-9,11H2. The topological polar surface area (TPSA) is 41.3 Å². The fraction of sp³-hybridized carbons (Fsp3) is 0.235. The van der Waals surface area contributed by atoms with Gasteiger partial charge in [-0.1, -0.05) is 11.6 Å². The van der Waals surface area contributed by atoms with Crippen molar-refractivity contribution in [1.82, 2.24) is 10.3 Å². The second-order valence-electron chi connectivity index (χ2n) is 5.45. The van der Waals surface area contributed by atoms with Crippen molar-refractivity contribution in [2.75, 3.05) is 24.7 Å². The number of anilines is 1. The Labute approximate surface area is 133 Å². The normalized spacial score (nSPS) is 15.4. The minimum absolute atomic E-state index is 0.626. The monoisotopic (exact) mass is 313 g/mol. The summed E-state index contributed by atoms with van der Waals surface area (Å²) in [5.74, 6) is 0.626. The van der Waals surface area contributed by atoms with Gasteiger partial charge in [-0.2, -0.15) is 0 Å². The lowest BCUT2D eigenvalue weighted by atomic mass is 10.2. The molecule has 0 amide bonds. The zero-order chi connectivity index (χ0) is 14.9. The van der Waals surface area contributed by atoms with E-state index in [0.717, 1.165) is 30.8 Å². The van der Waals surface area contributed by atoms with Crippen LogP contribution in [0.4, 0.5) is 5.69 Å². The molecule has 0 atom stereocenters. The fourth-order valence-corrected chi connectivity index (χ4v) is 2.91. The largest absolute Gasteiger partial charge is 0.436 e. The van der Waals surface area contributed by atoms with E-state index in [9.17, 15) is 0 Å². The van der Waals surface area contributed by atoms with E-state index in [1.165, 1.54) is 12.1 Å². The lowest BCUT2D eigenvalue weighted by Crippen LogP contribution is -2.41. The van der Waals surface area contributed by atoms with Crippen molar-refractivity contribution in [1.29, 1.82) is 0 Å². The van der Waals surface area contributed by atoms with Crippen molar-refractivity contribution in [3.8, 4) is 11.5 Å². The highest BCUT2D eigenvalue weighted by atomic mass is 35.5. The molecule has 22 heavy (non-hydrogen) atoms. The smallest absolute Gasteiger partial charge is 0.227 e. The van der Waals surface area contributed by atoms with Crippen LogP contribution >= 0.6 is 11.6 Å². The van der Waals surface area contributed by atoms with Gasteiger partial charge in [-0.15, -0.1) is 0 Å². The molecule has 4 nitrogen and oxygen atoms in total. The number of oxazole rings is 1. The Morgan fingerprint density at radius 2 is 2.00 bits per heavy atom. The van der Waals surface area contributed by atoms with E-state index in [1.54, 1.807) is 6.07 Å². The van der Waals surface area contributed by atoms with Crippen LogP contribution in [-0.2, 0) is 0 Å². The Kier molecular flexibility index (Phi) is 3.48. The van der Waals surface area contributed by atoms with Gasteiger partial charge in [0, 0.05) is 28.9 Å². The second-order valence-corrected chi connectivity index (χ2v) is 5.89. The highest BCUT2D eigenvalue weighted by Crippen LogP contribution is 2.27. The number of benzene rings is 2. The number of nitrogens with zero attached hydrogens (tertiary/aromatic N) is 2. The maximum absolute atomic E-state index is 5.98. The van der Waals surface area contributed by atoms with Gasteiger partial charge in [-0.3, -0.25) is 5.32 Å². The van der Waals surface area contributed by atoms with Gasteiger partial charge in [0.1, 0.15) is 5.52 Å². The van der Waals surface area contributed by atoms with Crippen LogP contribution in [0.3, 0.4) is 0 Å². The van der Waals surface area contributed by atoms with E-state index < -0.39 is 0 Å². The molecule has 0 aliphatic carbocycles. The molecule has 2 aromatic carbocycles. The maximum atomic E-state index is 5.98. The van der Waals surface area contributed by atoms with Crippen LogP contribution in [0.2, 0.25) is 5.02 Å². The summed E-state index contributed by atoms with van der Waals surface area (Å²) in [7, 11) is 0. The van der Waals surface area contributed by atoms with Gasteiger partial charge in [-0.25, -0.2) is 4.98 Å². The molecule has 1 fully saturated rings. The van der Waals surface area contributed by atoms with Gasteiger partial charge in [0.25, 0.3) is 0 Å². The Morgan fingerprint density at radius 1 is 1.14 bits per heavy atom. The molecule has 1 aliphatic rings. The van der Waals surface area contributed by atoms with Crippen LogP contribution in [0, 0.1) is 0 Å². The van der Waals surface area contributed by atoms with Crippen molar-refractivity contribution in [3.63, 3.8) is 0 Å². The molecule has 0 spiro atoms. The maximum Gasteiger partial charge on any atom is 0.227 e. The van der Waals surface area contributed by atoms with Gasteiger partial charge in [0.15, 0.2) is 5.58 Å². The minimum atomic E-state index is 0.626. The first-order valence-corrected chi connectivity index (χ1v) is 7.79. The van der Waals surface area contributed by atoms with E-state index in [4.69, 9.17) is 16.0 Å². The summed E-state index contributed by atoms with van der Waals surface area (Å²) < 4.78 is 5.80. The van der Waals surface area contributed by atoms with E-state index >= 15 is 0 Å². The van der Waals surface area contributed by atoms with Crippen molar-refractivity contribution < 1.29 is 4.42 Å². The van der Waals surface area contributed by atoms with Crippen LogP contribution in [0.5, 0.6) is 0 Å². The molecule has 3 aromatic rings. The van der Waals surface area contributed by atoms with Crippen LogP contribution < -0.4 is 10.2 Å². The lowest BCUT2D eigenvalue weighted by Gasteiger charge is -2.29. The Morgan fingerprint density at radius 3 is 2.77 bits per heavy atom. The van der Waals surface area contributed by atoms with E-state index in [2.05, 4.69) is 39.5 Å². The lowest BCUT2D eigenvalue weighted by molar-refractivity contribution is 0.553. The average Bonchev–Trinajstić information content (AvgIpc) is 2.99. The summed E-state index contributed by atoms with van der Waals surface area (Å²) in [5.41, 5.74) is 3.73. The van der Waals surface area contributed by atoms with Crippen molar-refractivity contribution >= 4 is 28.4 Å². The number of fused-ring (bicyclic) bond motifs is 1. The third kappa shape index (κ3) is 2.56. The summed E-state index contributed by atoms with van der Waals surface area (Å²) in [6, 6.07) is 13.8. The first-order chi connectivity index (χ1) is 10.8. The predicted octanol–water partition coefficient (Wildman–Crippen LogP) is 3.91. The molecule has 112 valence electrons. The Bertz CT molecular complexity index is 791. The highest BCUT2D eigenvalue weighted by molar-refractivity contribution is 6.31. The Hall–Kier alpha value is -2.04. The first-order valence-electron chi connectivity index (χ1n) is 7.42. The summed E-state index contributed by atoms with van der Waals surface area (Å²) in [4.78, 5) is 6.85. The van der Waals surface area contributed by atoms with E-state index in [-0.39, 0.29) is 0 Å². The Balaban J connectivity index is 1.63. The van der Waals surface area contributed by atoms with Crippen molar-refractivity contribution in [3.05, 3.63) is 47.5 Å². The number of hydrogen-bond donors (Lipinski definition) is 1. The molecule has 2 heterocycles. The number of aromatic nitrogens is 1. The number of hydrogen-bond acceptors (Lipinski definition) is 4. The van der Waals surface area contributed by atoms with Gasteiger partial charge in [0.2, 0.25) is 5.89 Å². The van der Waals surface area contributed by atoms with Gasteiger partial charge >= 0.3 is 0 Å². The van der Waals surface area contributed by atoms with Gasteiger partial charge < -0.3 is 9.32 Å². The minimum Gasteiger partial charge on any atom is -0.436 e. The zero-order valence-electron chi connectivity index (χ0n) is 12.1. The third-order valence-electron chi connectivity index (χ3n) is 3.91. The van der Waals surface area contributed by atoms with Crippen molar-refractivity contribution in [2.45, 2.75) is 6.42 Å².